The number of unbranched alkanes of at least 4 members (excludes halogenated alkanes) is 8. The van der Waals surface area contributed by atoms with E-state index in [-0.39, 0.29) is 17.2 Å². The molecule has 0 saturated carbocycles. The molecule has 0 aromatic heterocycles. The van der Waals surface area contributed by atoms with Gasteiger partial charge in [-0.2, -0.15) is 0 Å². The summed E-state index contributed by atoms with van der Waals surface area (Å²) in [6.45, 7) is 2.79. The highest BCUT2D eigenvalue weighted by Gasteiger charge is 2.18. The molecule has 0 bridgehead atoms. The molecule has 0 atom stereocenters. The van der Waals surface area contributed by atoms with E-state index in [4.69, 9.17) is 0 Å². The van der Waals surface area contributed by atoms with Crippen molar-refractivity contribution in [2.45, 2.75) is 64.7 Å². The Balaban J connectivity index is 2.14. The van der Waals surface area contributed by atoms with Crippen LogP contribution in [0, 0.1) is 10.1 Å². The third-order valence-electron chi connectivity index (χ3n) is 3.91. The lowest BCUT2D eigenvalue weighted by molar-refractivity contribution is -0.385. The van der Waals surface area contributed by atoms with Gasteiger partial charge in [-0.15, -0.1) is 0 Å². The molecule has 0 aliphatic carbocycles. The first-order chi connectivity index (χ1) is 11.2. The van der Waals surface area contributed by atoms with Crippen molar-refractivity contribution in [3.05, 3.63) is 39.9 Å². The molecule has 1 aromatic rings. The average molecular weight is 320 g/mol. The van der Waals surface area contributed by atoms with Gasteiger partial charge in [0.05, 0.1) is 4.92 Å². The molecular weight excluding hydrogens is 292 g/mol. The summed E-state index contributed by atoms with van der Waals surface area (Å²) in [7, 11) is 0. The minimum atomic E-state index is -0.520. The van der Waals surface area contributed by atoms with Crippen LogP contribution in [-0.2, 0) is 0 Å². The standard InChI is InChI=1S/C18H28N2O3/c1-2-3-4-5-6-7-8-9-12-15-19-18(21)16-13-10-11-14-17(16)20(22)23/h10-11,13-14H,2-9,12,15H2,1H3,(H,19,21). The van der Waals surface area contributed by atoms with E-state index >= 15 is 0 Å². The third kappa shape index (κ3) is 7.77. The second-order valence-electron chi connectivity index (χ2n) is 5.86. The number of nitrogens with one attached hydrogen (secondary N) is 1. The second kappa shape index (κ2) is 11.6. The molecule has 0 fully saturated rings. The Morgan fingerprint density at radius 1 is 1.00 bits per heavy atom. The van der Waals surface area contributed by atoms with Crippen LogP contribution < -0.4 is 5.32 Å². The summed E-state index contributed by atoms with van der Waals surface area (Å²) in [5.74, 6) is -0.364. The maximum Gasteiger partial charge on any atom is 0.282 e. The number of nitro benzene ring substituents is 1. The predicted octanol–water partition coefficient (Wildman–Crippen LogP) is 4.86. The van der Waals surface area contributed by atoms with Crippen LogP contribution in [0.2, 0.25) is 0 Å². The van der Waals surface area contributed by atoms with Crippen molar-refractivity contribution >= 4 is 11.6 Å². The predicted molar refractivity (Wildman–Crippen MR) is 92.7 cm³/mol. The SMILES string of the molecule is CCCCCCCCCCCNC(=O)c1ccccc1[N+](=O)[O-]. The van der Waals surface area contributed by atoms with Gasteiger partial charge in [0.25, 0.3) is 11.6 Å². The molecule has 0 saturated heterocycles. The first kappa shape index (κ1) is 19.1. The zero-order valence-corrected chi connectivity index (χ0v) is 14.1. The zero-order chi connectivity index (χ0) is 16.9. The Bertz CT molecular complexity index is 489. The van der Waals surface area contributed by atoms with Gasteiger partial charge >= 0.3 is 0 Å². The summed E-state index contributed by atoms with van der Waals surface area (Å²) in [5.41, 5.74) is -0.00879. The monoisotopic (exact) mass is 320 g/mol. The van der Waals surface area contributed by atoms with Crippen LogP contribution in [-0.4, -0.2) is 17.4 Å². The van der Waals surface area contributed by atoms with E-state index in [1.165, 1.54) is 57.1 Å². The van der Waals surface area contributed by atoms with Gasteiger partial charge in [0.1, 0.15) is 5.56 Å². The van der Waals surface area contributed by atoms with Gasteiger partial charge in [-0.1, -0.05) is 70.4 Å². The number of hydrogen-bond acceptors (Lipinski definition) is 3. The van der Waals surface area contributed by atoms with Crippen LogP contribution >= 0.6 is 0 Å². The van der Waals surface area contributed by atoms with Crippen molar-refractivity contribution in [2.75, 3.05) is 6.54 Å². The number of carbonyl (C=O) groups excluding carboxylic acids is 1. The van der Waals surface area contributed by atoms with Crippen molar-refractivity contribution < 1.29 is 9.72 Å². The number of para-hydroxylation sites is 1. The number of nitrogens with zero attached hydrogens (tertiary/aromatic N) is 1. The summed E-state index contributed by atoms with van der Waals surface area (Å²) in [5, 5.41) is 13.7. The van der Waals surface area contributed by atoms with E-state index in [1.54, 1.807) is 12.1 Å². The van der Waals surface area contributed by atoms with Crippen molar-refractivity contribution in [1.29, 1.82) is 0 Å². The van der Waals surface area contributed by atoms with E-state index in [1.807, 2.05) is 0 Å². The van der Waals surface area contributed by atoms with E-state index in [0.29, 0.717) is 6.54 Å². The fourth-order valence-electron chi connectivity index (χ4n) is 2.56. The number of hydrogen-bond donors (Lipinski definition) is 1. The summed E-state index contributed by atoms with van der Waals surface area (Å²) in [4.78, 5) is 22.4. The maximum absolute atomic E-state index is 12.0. The first-order valence-electron chi connectivity index (χ1n) is 8.68. The smallest absolute Gasteiger partial charge is 0.282 e. The van der Waals surface area contributed by atoms with Gasteiger partial charge in [-0.05, 0) is 12.5 Å². The van der Waals surface area contributed by atoms with Crippen LogP contribution in [0.1, 0.15) is 75.1 Å². The van der Waals surface area contributed by atoms with Gasteiger partial charge in [0.15, 0.2) is 0 Å². The molecule has 1 rings (SSSR count). The van der Waals surface area contributed by atoms with E-state index in [9.17, 15) is 14.9 Å². The van der Waals surface area contributed by atoms with Gasteiger partial charge in [0.2, 0.25) is 0 Å². The van der Waals surface area contributed by atoms with Crippen LogP contribution in [0.5, 0.6) is 0 Å². The fraction of sp³-hybridized carbons (Fsp3) is 0.611. The summed E-state index contributed by atoms with van der Waals surface area (Å²) < 4.78 is 0. The van der Waals surface area contributed by atoms with Crippen LogP contribution in [0.25, 0.3) is 0 Å². The summed E-state index contributed by atoms with van der Waals surface area (Å²) >= 11 is 0. The lowest BCUT2D eigenvalue weighted by Crippen LogP contribution is -2.25. The lowest BCUT2D eigenvalue weighted by atomic mass is 10.1. The number of rotatable bonds is 12. The number of carbonyl (C=O) groups is 1. The summed E-state index contributed by atoms with van der Waals surface area (Å²) in [6.07, 6.45) is 11.0. The normalized spacial score (nSPS) is 10.5. The summed E-state index contributed by atoms with van der Waals surface area (Å²) in [6, 6.07) is 6.05. The lowest BCUT2D eigenvalue weighted by Gasteiger charge is -2.06. The Morgan fingerprint density at radius 2 is 1.57 bits per heavy atom. The average Bonchev–Trinajstić information content (AvgIpc) is 2.56. The molecule has 5 heteroatoms. The van der Waals surface area contributed by atoms with Gasteiger partial charge in [0, 0.05) is 12.6 Å². The minimum absolute atomic E-state index is 0.133. The Hall–Kier alpha value is -1.91. The maximum atomic E-state index is 12.0. The van der Waals surface area contributed by atoms with Crippen LogP contribution in [0.3, 0.4) is 0 Å². The number of benzene rings is 1. The molecule has 0 spiro atoms. The molecule has 5 nitrogen and oxygen atoms in total. The van der Waals surface area contributed by atoms with Gasteiger partial charge in [-0.25, -0.2) is 0 Å². The van der Waals surface area contributed by atoms with Crippen molar-refractivity contribution in [3.8, 4) is 0 Å². The van der Waals surface area contributed by atoms with E-state index in [0.717, 1.165) is 12.8 Å². The quantitative estimate of drug-likeness (QED) is 0.340. The van der Waals surface area contributed by atoms with Crippen molar-refractivity contribution in [3.63, 3.8) is 0 Å². The van der Waals surface area contributed by atoms with E-state index in [2.05, 4.69) is 12.2 Å². The van der Waals surface area contributed by atoms with Gasteiger partial charge < -0.3 is 5.32 Å². The fourth-order valence-corrected chi connectivity index (χ4v) is 2.56. The molecule has 0 radical (unpaired) electrons. The minimum Gasteiger partial charge on any atom is -0.352 e. The van der Waals surface area contributed by atoms with Crippen LogP contribution in [0.4, 0.5) is 5.69 Å². The molecule has 1 aromatic carbocycles. The topological polar surface area (TPSA) is 72.2 Å². The molecule has 0 unspecified atom stereocenters. The highest BCUT2D eigenvalue weighted by Crippen LogP contribution is 2.17. The molecule has 0 aliphatic rings. The second-order valence-corrected chi connectivity index (χ2v) is 5.86. The van der Waals surface area contributed by atoms with Crippen LogP contribution in [0.15, 0.2) is 24.3 Å². The molecule has 23 heavy (non-hydrogen) atoms. The molecule has 0 heterocycles. The highest BCUT2D eigenvalue weighted by atomic mass is 16.6. The van der Waals surface area contributed by atoms with Crippen molar-refractivity contribution in [2.24, 2.45) is 0 Å². The first-order valence-corrected chi connectivity index (χ1v) is 8.68. The zero-order valence-electron chi connectivity index (χ0n) is 14.1. The Labute approximate surface area is 138 Å². The molecular formula is C18H28N2O3. The largest absolute Gasteiger partial charge is 0.352 e. The molecule has 1 N–H and O–H groups in total. The number of nitro groups is 1. The van der Waals surface area contributed by atoms with Gasteiger partial charge in [-0.3, -0.25) is 14.9 Å². The Morgan fingerprint density at radius 3 is 2.17 bits per heavy atom. The molecule has 128 valence electrons. The Kier molecular flexibility index (Phi) is 9.68. The highest BCUT2D eigenvalue weighted by molar-refractivity contribution is 5.98. The third-order valence-corrected chi connectivity index (χ3v) is 3.91. The number of amides is 1. The van der Waals surface area contributed by atoms with E-state index < -0.39 is 4.92 Å². The molecule has 1 amide bonds. The van der Waals surface area contributed by atoms with Crippen molar-refractivity contribution in [1.82, 2.24) is 5.32 Å². The molecule has 0 aliphatic heterocycles.